The van der Waals surface area contributed by atoms with Crippen molar-refractivity contribution in [3.63, 3.8) is 0 Å². The van der Waals surface area contributed by atoms with Crippen molar-refractivity contribution in [1.82, 2.24) is 19.6 Å². The van der Waals surface area contributed by atoms with Gasteiger partial charge in [0.1, 0.15) is 12.4 Å². The van der Waals surface area contributed by atoms with Crippen LogP contribution in [0.5, 0.6) is 0 Å². The lowest BCUT2D eigenvalue weighted by Gasteiger charge is -2.25. The summed E-state index contributed by atoms with van der Waals surface area (Å²) < 4.78 is 3.47. The summed E-state index contributed by atoms with van der Waals surface area (Å²) in [6.45, 7) is 0. The Hall–Kier alpha value is -2.46. The molecule has 0 bridgehead atoms. The number of aliphatic hydroxyl groups is 2. The summed E-state index contributed by atoms with van der Waals surface area (Å²) in [4.78, 5) is 10.0. The van der Waals surface area contributed by atoms with E-state index in [1.54, 1.807) is 10.9 Å². The molecular formula is C18H28N6O4. The lowest BCUT2D eigenvalue weighted by Crippen LogP contribution is -2.22. The Balaban J connectivity index is 0.000000162. The minimum Gasteiger partial charge on any atom is -0.396 e. The van der Waals surface area contributed by atoms with E-state index >= 15 is 0 Å². The van der Waals surface area contributed by atoms with Crippen LogP contribution in [-0.2, 0) is 0 Å². The smallest absolute Gasteiger partial charge is 0.307 e. The van der Waals surface area contributed by atoms with Crippen LogP contribution in [0.1, 0.15) is 63.5 Å². The molecule has 0 amide bonds. The van der Waals surface area contributed by atoms with Gasteiger partial charge in [-0.2, -0.15) is 10.2 Å². The van der Waals surface area contributed by atoms with E-state index in [1.165, 1.54) is 12.4 Å². The van der Waals surface area contributed by atoms with Crippen LogP contribution in [0.4, 0.5) is 11.4 Å². The molecule has 2 aromatic heterocycles. The van der Waals surface area contributed by atoms with Gasteiger partial charge in [-0.05, 0) is 51.4 Å². The molecule has 2 saturated carbocycles. The molecule has 0 aromatic carbocycles. The Labute approximate surface area is 163 Å². The minimum atomic E-state index is -0.456. The van der Waals surface area contributed by atoms with Crippen molar-refractivity contribution in [2.24, 2.45) is 0 Å². The maximum Gasteiger partial charge on any atom is 0.307 e. The molecule has 154 valence electrons. The van der Waals surface area contributed by atoms with E-state index in [0.717, 1.165) is 44.9 Å². The molecule has 28 heavy (non-hydrogen) atoms. The number of nitrogens with zero attached hydrogens (tertiary/aromatic N) is 5. The molecule has 2 aromatic rings. The SMILES string of the molecule is Nc1cnn([C@@H]2CCC[C@@H](O)C2)c1.O=[N+]([O-])c1cnn([C@@H]2CCC[C@@H](O)C2)c1. The first kappa shape index (κ1) is 20.3. The molecule has 4 atom stereocenters. The van der Waals surface area contributed by atoms with Crippen LogP contribution in [0.2, 0.25) is 0 Å². The molecule has 4 N–H and O–H groups in total. The average Bonchev–Trinajstić information content (AvgIpc) is 3.32. The first-order valence-corrected chi connectivity index (χ1v) is 9.76. The highest BCUT2D eigenvalue weighted by atomic mass is 16.6. The van der Waals surface area contributed by atoms with Crippen molar-refractivity contribution in [1.29, 1.82) is 0 Å². The quantitative estimate of drug-likeness (QED) is 0.536. The highest BCUT2D eigenvalue weighted by Crippen LogP contribution is 2.29. The summed E-state index contributed by atoms with van der Waals surface area (Å²) in [7, 11) is 0. The maximum atomic E-state index is 10.5. The predicted molar refractivity (Wildman–Crippen MR) is 103 cm³/mol. The van der Waals surface area contributed by atoms with Gasteiger partial charge in [-0.25, -0.2) is 0 Å². The predicted octanol–water partition coefficient (Wildman–Crippen LogP) is 2.21. The van der Waals surface area contributed by atoms with Gasteiger partial charge in [-0.15, -0.1) is 0 Å². The molecule has 10 heteroatoms. The zero-order valence-corrected chi connectivity index (χ0v) is 15.8. The van der Waals surface area contributed by atoms with E-state index in [0.29, 0.717) is 18.2 Å². The van der Waals surface area contributed by atoms with Gasteiger partial charge in [-0.3, -0.25) is 19.5 Å². The lowest BCUT2D eigenvalue weighted by molar-refractivity contribution is -0.385. The molecule has 0 radical (unpaired) electrons. The monoisotopic (exact) mass is 392 g/mol. The van der Waals surface area contributed by atoms with Crippen LogP contribution in [-0.4, -0.2) is 46.9 Å². The van der Waals surface area contributed by atoms with E-state index < -0.39 is 4.92 Å². The van der Waals surface area contributed by atoms with Gasteiger partial charge >= 0.3 is 5.69 Å². The van der Waals surface area contributed by atoms with Crippen molar-refractivity contribution in [2.75, 3.05) is 5.73 Å². The summed E-state index contributed by atoms with van der Waals surface area (Å²) in [5, 5.41) is 37.5. The lowest BCUT2D eigenvalue weighted by atomic mass is 9.93. The van der Waals surface area contributed by atoms with Gasteiger partial charge in [0.05, 0.1) is 41.1 Å². The molecule has 4 rings (SSSR count). The Morgan fingerprint density at radius 2 is 1.50 bits per heavy atom. The summed E-state index contributed by atoms with van der Waals surface area (Å²) in [5.41, 5.74) is 6.28. The fraction of sp³-hybridized carbons (Fsp3) is 0.667. The number of anilines is 1. The van der Waals surface area contributed by atoms with Crippen LogP contribution < -0.4 is 5.73 Å². The third-order valence-electron chi connectivity index (χ3n) is 5.41. The molecule has 0 spiro atoms. The highest BCUT2D eigenvalue weighted by molar-refractivity contribution is 5.30. The number of nitrogen functional groups attached to an aromatic ring is 1. The van der Waals surface area contributed by atoms with E-state index in [2.05, 4.69) is 10.2 Å². The van der Waals surface area contributed by atoms with Crippen molar-refractivity contribution < 1.29 is 15.1 Å². The summed E-state index contributed by atoms with van der Waals surface area (Å²) in [6, 6.07) is 0.434. The topological polar surface area (TPSA) is 145 Å². The summed E-state index contributed by atoms with van der Waals surface area (Å²) >= 11 is 0. The zero-order valence-electron chi connectivity index (χ0n) is 15.8. The van der Waals surface area contributed by atoms with Crippen LogP contribution in [0.25, 0.3) is 0 Å². The Kier molecular flexibility index (Phi) is 6.63. The second-order valence-electron chi connectivity index (χ2n) is 7.64. The Morgan fingerprint density at radius 1 is 0.964 bits per heavy atom. The number of nitrogens with two attached hydrogens (primary N) is 1. The van der Waals surface area contributed by atoms with Crippen LogP contribution in [0, 0.1) is 10.1 Å². The molecule has 10 nitrogen and oxygen atoms in total. The molecule has 0 unspecified atom stereocenters. The molecule has 0 aliphatic heterocycles. The fourth-order valence-corrected chi connectivity index (χ4v) is 3.93. The van der Waals surface area contributed by atoms with Crippen molar-refractivity contribution in [2.45, 2.75) is 75.7 Å². The fourth-order valence-electron chi connectivity index (χ4n) is 3.93. The van der Waals surface area contributed by atoms with Crippen molar-refractivity contribution >= 4 is 11.4 Å². The van der Waals surface area contributed by atoms with Gasteiger partial charge in [0.2, 0.25) is 0 Å². The van der Waals surface area contributed by atoms with Crippen LogP contribution in [0.15, 0.2) is 24.8 Å². The van der Waals surface area contributed by atoms with Crippen LogP contribution in [0.3, 0.4) is 0 Å². The number of nitro groups is 1. The Morgan fingerprint density at radius 3 is 1.93 bits per heavy atom. The molecular weight excluding hydrogens is 364 g/mol. The van der Waals surface area contributed by atoms with E-state index in [9.17, 15) is 20.3 Å². The van der Waals surface area contributed by atoms with E-state index in [1.807, 2.05) is 10.9 Å². The number of aliphatic hydroxyl groups excluding tert-OH is 2. The number of hydrogen-bond acceptors (Lipinski definition) is 7. The van der Waals surface area contributed by atoms with E-state index in [-0.39, 0.29) is 23.9 Å². The van der Waals surface area contributed by atoms with Gasteiger partial charge in [0, 0.05) is 6.20 Å². The maximum absolute atomic E-state index is 10.5. The third-order valence-corrected chi connectivity index (χ3v) is 5.41. The normalized spacial score (nSPS) is 27.6. The molecule has 2 aliphatic rings. The molecule has 0 saturated heterocycles. The average molecular weight is 392 g/mol. The second kappa shape index (κ2) is 9.16. The van der Waals surface area contributed by atoms with Gasteiger partial charge in [0.15, 0.2) is 0 Å². The molecule has 2 heterocycles. The minimum absolute atomic E-state index is 0.00932. The summed E-state index contributed by atoms with van der Waals surface area (Å²) in [5.74, 6) is 0. The van der Waals surface area contributed by atoms with Gasteiger partial charge in [-0.1, -0.05) is 0 Å². The number of rotatable bonds is 3. The van der Waals surface area contributed by atoms with Crippen molar-refractivity contribution in [3.05, 3.63) is 34.9 Å². The highest BCUT2D eigenvalue weighted by Gasteiger charge is 2.24. The molecule has 2 aliphatic carbocycles. The first-order valence-electron chi connectivity index (χ1n) is 9.76. The number of hydrogen-bond donors (Lipinski definition) is 3. The first-order chi connectivity index (χ1) is 13.4. The molecule has 2 fully saturated rings. The zero-order chi connectivity index (χ0) is 20.1. The summed E-state index contributed by atoms with van der Waals surface area (Å²) in [6.07, 6.45) is 12.9. The largest absolute Gasteiger partial charge is 0.396 e. The van der Waals surface area contributed by atoms with Crippen LogP contribution >= 0.6 is 0 Å². The van der Waals surface area contributed by atoms with Gasteiger partial charge in [0.25, 0.3) is 0 Å². The standard InChI is InChI=1S/C9H13N3O3.C9H15N3O/c13-9-3-1-2-7(4-9)11-6-8(5-10-11)12(14)15;10-7-5-11-12(6-7)8-2-1-3-9(13)4-8/h5-7,9,13H,1-4H2;5-6,8-9,13H,1-4,10H2/t7-,9-;8-,9-/m11/s1. The Bertz CT molecular complexity index is 776. The third kappa shape index (κ3) is 5.29. The second-order valence-corrected chi connectivity index (χ2v) is 7.64. The number of aromatic nitrogens is 4. The van der Waals surface area contributed by atoms with Crippen molar-refractivity contribution in [3.8, 4) is 0 Å². The van der Waals surface area contributed by atoms with E-state index in [4.69, 9.17) is 5.73 Å². The van der Waals surface area contributed by atoms with Gasteiger partial charge < -0.3 is 15.9 Å².